The van der Waals surface area contributed by atoms with Crippen LogP contribution >= 0.6 is 0 Å². The summed E-state index contributed by atoms with van der Waals surface area (Å²) in [5.41, 5.74) is 4.84. The number of quaternary nitrogens is 1. The van der Waals surface area contributed by atoms with E-state index in [9.17, 15) is 20.0 Å². The molecule has 0 amide bonds. The molecule has 0 saturated carbocycles. The number of nitro groups is 1. The van der Waals surface area contributed by atoms with Crippen LogP contribution in [0.4, 0.5) is 11.4 Å². The Bertz CT molecular complexity index is 497. The fourth-order valence-corrected chi connectivity index (χ4v) is 1.35. The fourth-order valence-electron chi connectivity index (χ4n) is 1.35. The number of carboxylic acids is 1. The van der Waals surface area contributed by atoms with E-state index in [4.69, 9.17) is 10.8 Å². The molecule has 0 aliphatic rings. The Balaban J connectivity index is 0.000000433. The summed E-state index contributed by atoms with van der Waals surface area (Å²) in [5.74, 6) is -1.45. The molecular formula is C13H21N3O5. The van der Waals surface area contributed by atoms with Gasteiger partial charge in [0, 0.05) is 23.4 Å². The maximum absolute atomic E-state index is 10.3. The maximum Gasteiger partial charge on any atom is 0.271 e. The number of nitrogens with two attached hydrogens (primary N) is 2. The molecule has 0 bridgehead atoms. The lowest BCUT2D eigenvalue weighted by Crippen LogP contribution is -2.95. The minimum Gasteiger partial charge on any atom is -0.545 e. The first-order valence-corrected chi connectivity index (χ1v) is 6.29. The first kappa shape index (κ1) is 18.8. The first-order chi connectivity index (χ1) is 9.58. The molecule has 21 heavy (non-hydrogen) atoms. The second kappa shape index (κ2) is 8.18. The van der Waals surface area contributed by atoms with Crippen molar-refractivity contribution in [3.63, 3.8) is 0 Å². The summed E-state index contributed by atoms with van der Waals surface area (Å²) in [4.78, 5) is 19.9. The van der Waals surface area contributed by atoms with E-state index in [1.54, 1.807) is 0 Å². The third kappa shape index (κ3) is 7.85. The van der Waals surface area contributed by atoms with Crippen molar-refractivity contribution in [1.82, 2.24) is 0 Å². The van der Waals surface area contributed by atoms with Crippen molar-refractivity contribution in [3.8, 4) is 0 Å². The van der Waals surface area contributed by atoms with E-state index in [1.807, 2.05) is 0 Å². The largest absolute Gasteiger partial charge is 0.545 e. The van der Waals surface area contributed by atoms with E-state index in [1.165, 1.54) is 0 Å². The minimum atomic E-state index is -1.45. The molecule has 0 unspecified atom stereocenters. The van der Waals surface area contributed by atoms with Gasteiger partial charge in [-0.1, -0.05) is 0 Å². The van der Waals surface area contributed by atoms with Crippen LogP contribution < -0.4 is 16.2 Å². The number of benzene rings is 1. The molecule has 8 heteroatoms. The van der Waals surface area contributed by atoms with Gasteiger partial charge in [-0.15, -0.1) is 0 Å². The molecule has 1 aromatic rings. The Hall–Kier alpha value is -2.19. The molecule has 0 spiro atoms. The van der Waals surface area contributed by atoms with Gasteiger partial charge in [0.2, 0.25) is 0 Å². The smallest absolute Gasteiger partial charge is 0.271 e. The fraction of sp³-hybridized carbons (Fsp3) is 0.462. The van der Waals surface area contributed by atoms with E-state index < -0.39 is 10.9 Å². The molecule has 0 saturated heterocycles. The molecular weight excluding hydrogens is 278 g/mol. The van der Waals surface area contributed by atoms with Crippen LogP contribution in [0.25, 0.3) is 0 Å². The van der Waals surface area contributed by atoms with Crippen molar-refractivity contribution in [1.29, 1.82) is 0 Å². The standard InChI is InChI=1S/C7H6N2O4.C6H15NO/c8-6-3-4(9(12)13)1-2-5(6)7(10)11;1-6(2,3)7-4-5-8/h1-3H,8H2,(H,10,11);7-8H,4-5H2,1-3H3. The van der Waals surface area contributed by atoms with Crippen molar-refractivity contribution in [2.24, 2.45) is 0 Å². The summed E-state index contributed by atoms with van der Waals surface area (Å²) >= 11 is 0. The summed E-state index contributed by atoms with van der Waals surface area (Å²) in [5, 5.41) is 31.1. The summed E-state index contributed by atoms with van der Waals surface area (Å²) < 4.78 is 0. The molecule has 0 aliphatic carbocycles. The third-order valence-corrected chi connectivity index (χ3v) is 2.35. The number of anilines is 1. The summed E-state index contributed by atoms with van der Waals surface area (Å²) in [6, 6.07) is 3.08. The Morgan fingerprint density at radius 1 is 1.43 bits per heavy atom. The Labute approximate surface area is 122 Å². The number of hydrogen-bond donors (Lipinski definition) is 3. The lowest BCUT2D eigenvalue weighted by atomic mass is 10.1. The summed E-state index contributed by atoms with van der Waals surface area (Å²) in [6.45, 7) is 7.47. The normalized spacial score (nSPS) is 10.5. The highest BCUT2D eigenvalue weighted by Gasteiger charge is 2.10. The molecule has 1 aromatic carbocycles. The lowest BCUT2D eigenvalue weighted by molar-refractivity contribution is -0.717. The van der Waals surface area contributed by atoms with Gasteiger partial charge >= 0.3 is 0 Å². The molecule has 0 atom stereocenters. The second-order valence-electron chi connectivity index (χ2n) is 5.40. The predicted octanol–water partition coefficient (Wildman–Crippen LogP) is -1.12. The van der Waals surface area contributed by atoms with E-state index in [-0.39, 0.29) is 29.1 Å². The molecule has 0 radical (unpaired) electrons. The third-order valence-electron chi connectivity index (χ3n) is 2.35. The zero-order chi connectivity index (χ0) is 16.6. The van der Waals surface area contributed by atoms with Gasteiger partial charge in [-0.05, 0) is 26.8 Å². The van der Waals surface area contributed by atoms with Crippen LogP contribution in [0.15, 0.2) is 18.2 Å². The Morgan fingerprint density at radius 3 is 2.29 bits per heavy atom. The summed E-state index contributed by atoms with van der Waals surface area (Å²) in [6.07, 6.45) is 0. The molecule has 1 rings (SSSR count). The molecule has 0 aromatic heterocycles. The number of aromatic carboxylic acids is 1. The van der Waals surface area contributed by atoms with Gasteiger partial charge in [0.05, 0.1) is 29.6 Å². The number of nitrogen functional groups attached to an aromatic ring is 1. The van der Waals surface area contributed by atoms with Crippen LogP contribution in [0.2, 0.25) is 0 Å². The first-order valence-electron chi connectivity index (χ1n) is 6.29. The van der Waals surface area contributed by atoms with Crippen molar-refractivity contribution < 1.29 is 25.2 Å². The minimum absolute atomic E-state index is 0.172. The molecule has 0 heterocycles. The van der Waals surface area contributed by atoms with Gasteiger partial charge in [-0.3, -0.25) is 10.1 Å². The SMILES string of the molecule is CC(C)(C)[NH2+]CCO.Nc1cc([N+](=O)[O-])ccc1C(=O)[O-]. The predicted molar refractivity (Wildman–Crippen MR) is 75.5 cm³/mol. The van der Waals surface area contributed by atoms with Crippen molar-refractivity contribution in [3.05, 3.63) is 33.9 Å². The molecule has 5 N–H and O–H groups in total. The topological polar surface area (TPSA) is 146 Å². The molecule has 0 aliphatic heterocycles. The second-order valence-corrected chi connectivity index (χ2v) is 5.40. The zero-order valence-electron chi connectivity index (χ0n) is 12.3. The van der Waals surface area contributed by atoms with Gasteiger partial charge in [-0.25, -0.2) is 0 Å². The number of nitrogens with zero attached hydrogens (tertiary/aromatic N) is 1. The van der Waals surface area contributed by atoms with Gasteiger partial charge in [0.15, 0.2) is 0 Å². The van der Waals surface area contributed by atoms with Crippen LogP contribution in [-0.4, -0.2) is 34.7 Å². The number of carbonyl (C=O) groups excluding carboxylic acids is 1. The van der Waals surface area contributed by atoms with Crippen LogP contribution in [-0.2, 0) is 0 Å². The molecule has 0 fully saturated rings. The number of non-ortho nitro benzene ring substituents is 1. The highest BCUT2D eigenvalue weighted by atomic mass is 16.6. The van der Waals surface area contributed by atoms with Gasteiger partial charge in [0.1, 0.15) is 0 Å². The Morgan fingerprint density at radius 2 is 2.00 bits per heavy atom. The van der Waals surface area contributed by atoms with E-state index in [0.29, 0.717) is 0 Å². The zero-order valence-corrected chi connectivity index (χ0v) is 12.3. The van der Waals surface area contributed by atoms with Gasteiger partial charge in [0.25, 0.3) is 5.69 Å². The maximum atomic E-state index is 10.3. The average Bonchev–Trinajstić information content (AvgIpc) is 2.35. The number of hydrogen-bond acceptors (Lipinski definition) is 6. The monoisotopic (exact) mass is 299 g/mol. The number of carboxylic acid groups (broad SMARTS) is 1. The summed E-state index contributed by atoms with van der Waals surface area (Å²) in [7, 11) is 0. The van der Waals surface area contributed by atoms with Crippen LogP contribution in [0.1, 0.15) is 31.1 Å². The van der Waals surface area contributed by atoms with Crippen LogP contribution in [0.3, 0.4) is 0 Å². The van der Waals surface area contributed by atoms with Crippen molar-refractivity contribution in [2.75, 3.05) is 18.9 Å². The lowest BCUT2D eigenvalue weighted by Gasteiger charge is -2.15. The molecule has 118 valence electrons. The highest BCUT2D eigenvalue weighted by molar-refractivity contribution is 5.92. The van der Waals surface area contributed by atoms with Crippen LogP contribution in [0.5, 0.6) is 0 Å². The van der Waals surface area contributed by atoms with E-state index in [0.717, 1.165) is 24.7 Å². The molecule has 8 nitrogen and oxygen atoms in total. The number of aliphatic hydroxyl groups excluding tert-OH is 1. The van der Waals surface area contributed by atoms with Crippen molar-refractivity contribution in [2.45, 2.75) is 26.3 Å². The number of nitro benzene ring substituents is 1. The highest BCUT2D eigenvalue weighted by Crippen LogP contribution is 2.18. The number of carbonyl (C=O) groups is 1. The van der Waals surface area contributed by atoms with Gasteiger partial charge in [-0.2, -0.15) is 0 Å². The van der Waals surface area contributed by atoms with E-state index >= 15 is 0 Å². The van der Waals surface area contributed by atoms with Gasteiger partial charge < -0.3 is 26.1 Å². The Kier molecular flexibility index (Phi) is 7.32. The quantitative estimate of drug-likeness (QED) is 0.364. The number of rotatable bonds is 4. The van der Waals surface area contributed by atoms with E-state index in [2.05, 4.69) is 26.1 Å². The van der Waals surface area contributed by atoms with Crippen LogP contribution in [0, 0.1) is 10.1 Å². The average molecular weight is 299 g/mol. The van der Waals surface area contributed by atoms with Crippen molar-refractivity contribution >= 4 is 17.3 Å². The number of aliphatic hydroxyl groups is 1.